The van der Waals surface area contributed by atoms with Gasteiger partial charge in [-0.25, -0.2) is 0 Å². The van der Waals surface area contributed by atoms with Crippen molar-refractivity contribution in [1.82, 2.24) is 0 Å². The van der Waals surface area contributed by atoms with E-state index < -0.39 is 18.0 Å². The second kappa shape index (κ2) is 9.46. The number of amides is 1. The molecule has 0 aliphatic rings. The lowest BCUT2D eigenvalue weighted by molar-refractivity contribution is -0.152. The first-order chi connectivity index (χ1) is 12.5. The average molecular weight is 357 g/mol. The highest BCUT2D eigenvalue weighted by Crippen LogP contribution is 2.19. The van der Waals surface area contributed by atoms with Crippen LogP contribution in [0.4, 0.5) is 5.69 Å². The Balaban J connectivity index is 1.88. The van der Waals surface area contributed by atoms with E-state index in [0.29, 0.717) is 23.6 Å². The van der Waals surface area contributed by atoms with Crippen molar-refractivity contribution in [3.63, 3.8) is 0 Å². The number of anilines is 1. The summed E-state index contributed by atoms with van der Waals surface area (Å²) in [4.78, 5) is 24.3. The molecule has 0 fully saturated rings. The zero-order chi connectivity index (χ0) is 18.9. The number of ether oxygens (including phenoxy) is 3. The molecule has 1 amide bonds. The molecule has 0 saturated carbocycles. The first kappa shape index (κ1) is 19.3. The van der Waals surface area contributed by atoms with Gasteiger partial charge in [0.2, 0.25) is 0 Å². The molecule has 0 bridgehead atoms. The summed E-state index contributed by atoms with van der Waals surface area (Å²) in [6.45, 7) is 4.01. The summed E-state index contributed by atoms with van der Waals surface area (Å²) >= 11 is 0. The second-order valence-electron chi connectivity index (χ2n) is 5.57. The summed E-state index contributed by atoms with van der Waals surface area (Å²) in [7, 11) is 1.54. The summed E-state index contributed by atoms with van der Waals surface area (Å²) in [5, 5.41) is 2.71. The Bertz CT molecular complexity index is 742. The topological polar surface area (TPSA) is 73.9 Å². The van der Waals surface area contributed by atoms with Crippen LogP contribution in [-0.2, 0) is 20.7 Å². The van der Waals surface area contributed by atoms with Crippen molar-refractivity contribution >= 4 is 17.6 Å². The summed E-state index contributed by atoms with van der Waals surface area (Å²) in [5.74, 6) is 0.434. The number of nitrogens with one attached hydrogen (secondary N) is 1. The molecule has 2 aromatic carbocycles. The van der Waals surface area contributed by atoms with Gasteiger partial charge in [-0.15, -0.1) is 0 Å². The quantitative estimate of drug-likeness (QED) is 0.735. The Morgan fingerprint density at radius 3 is 2.42 bits per heavy atom. The summed E-state index contributed by atoms with van der Waals surface area (Å²) < 4.78 is 15.8. The van der Waals surface area contributed by atoms with Crippen LogP contribution in [0.25, 0.3) is 0 Å². The van der Waals surface area contributed by atoms with E-state index in [4.69, 9.17) is 14.2 Å². The van der Waals surface area contributed by atoms with Crippen LogP contribution >= 0.6 is 0 Å². The first-order valence-electron chi connectivity index (χ1n) is 8.38. The number of carbonyl (C=O) groups excluding carboxylic acids is 2. The molecule has 0 radical (unpaired) electrons. The van der Waals surface area contributed by atoms with Crippen LogP contribution in [-0.4, -0.2) is 31.7 Å². The van der Waals surface area contributed by atoms with Gasteiger partial charge in [-0.2, -0.15) is 0 Å². The van der Waals surface area contributed by atoms with Crippen LogP contribution in [0.1, 0.15) is 19.4 Å². The third-order valence-electron chi connectivity index (χ3n) is 3.64. The number of hydrogen-bond acceptors (Lipinski definition) is 5. The molecule has 0 aromatic heterocycles. The van der Waals surface area contributed by atoms with E-state index in [1.165, 1.54) is 14.0 Å². The van der Waals surface area contributed by atoms with Gasteiger partial charge in [-0.05, 0) is 44.2 Å². The number of hydrogen-bond donors (Lipinski definition) is 1. The normalized spacial score (nSPS) is 11.3. The van der Waals surface area contributed by atoms with Gasteiger partial charge in [0.15, 0.2) is 6.10 Å². The molecule has 138 valence electrons. The molecule has 0 saturated heterocycles. The molecule has 2 rings (SSSR count). The third-order valence-corrected chi connectivity index (χ3v) is 3.64. The third kappa shape index (κ3) is 5.51. The van der Waals surface area contributed by atoms with Crippen molar-refractivity contribution in [2.24, 2.45) is 0 Å². The van der Waals surface area contributed by atoms with E-state index >= 15 is 0 Å². The molecule has 6 nitrogen and oxygen atoms in total. The first-order valence-corrected chi connectivity index (χ1v) is 8.38. The minimum absolute atomic E-state index is 0.0324. The minimum Gasteiger partial charge on any atom is -0.496 e. The molecule has 0 aliphatic heterocycles. The fraction of sp³-hybridized carbons (Fsp3) is 0.300. The predicted molar refractivity (Wildman–Crippen MR) is 98.5 cm³/mol. The maximum absolute atomic E-state index is 12.2. The fourth-order valence-corrected chi connectivity index (χ4v) is 2.34. The summed E-state index contributed by atoms with van der Waals surface area (Å²) in [5.41, 5.74) is 1.31. The monoisotopic (exact) mass is 357 g/mol. The summed E-state index contributed by atoms with van der Waals surface area (Å²) in [6, 6.07) is 14.2. The molecule has 26 heavy (non-hydrogen) atoms. The van der Waals surface area contributed by atoms with E-state index in [-0.39, 0.29) is 6.42 Å². The van der Waals surface area contributed by atoms with Crippen LogP contribution in [0, 0.1) is 0 Å². The van der Waals surface area contributed by atoms with Gasteiger partial charge in [-0.3, -0.25) is 9.59 Å². The SMILES string of the molecule is CCOc1ccc(NC(=O)[C@H](C)OC(=O)Cc2ccccc2OC)cc1. The lowest BCUT2D eigenvalue weighted by atomic mass is 10.1. The zero-order valence-electron chi connectivity index (χ0n) is 15.2. The average Bonchev–Trinajstić information content (AvgIpc) is 2.63. The van der Waals surface area contributed by atoms with Gasteiger partial charge in [0, 0.05) is 11.3 Å². The number of para-hydroxylation sites is 1. The van der Waals surface area contributed by atoms with Gasteiger partial charge in [0.25, 0.3) is 5.91 Å². The molecular formula is C20H23NO5. The van der Waals surface area contributed by atoms with Crippen molar-refractivity contribution < 1.29 is 23.8 Å². The fourth-order valence-electron chi connectivity index (χ4n) is 2.34. The lowest BCUT2D eigenvalue weighted by Crippen LogP contribution is -2.30. The molecule has 0 unspecified atom stereocenters. The van der Waals surface area contributed by atoms with Gasteiger partial charge < -0.3 is 19.5 Å². The highest BCUT2D eigenvalue weighted by atomic mass is 16.5. The number of carbonyl (C=O) groups is 2. The number of benzene rings is 2. The van der Waals surface area contributed by atoms with E-state index in [2.05, 4.69) is 5.32 Å². The van der Waals surface area contributed by atoms with Crippen molar-refractivity contribution in [3.05, 3.63) is 54.1 Å². The van der Waals surface area contributed by atoms with Gasteiger partial charge >= 0.3 is 5.97 Å². The Hall–Kier alpha value is -3.02. The molecule has 0 heterocycles. The van der Waals surface area contributed by atoms with E-state index in [1.54, 1.807) is 36.4 Å². The number of esters is 1. The molecule has 6 heteroatoms. The molecule has 0 aliphatic carbocycles. The van der Waals surface area contributed by atoms with Crippen molar-refractivity contribution in [1.29, 1.82) is 0 Å². The van der Waals surface area contributed by atoms with Crippen LogP contribution in [0.3, 0.4) is 0 Å². The van der Waals surface area contributed by atoms with E-state index in [0.717, 1.165) is 5.75 Å². The van der Waals surface area contributed by atoms with Crippen LogP contribution < -0.4 is 14.8 Å². The number of methoxy groups -OCH3 is 1. The van der Waals surface area contributed by atoms with Crippen molar-refractivity contribution in [3.8, 4) is 11.5 Å². The van der Waals surface area contributed by atoms with Crippen LogP contribution in [0.2, 0.25) is 0 Å². The Morgan fingerprint density at radius 2 is 1.77 bits per heavy atom. The molecule has 1 atom stereocenters. The maximum atomic E-state index is 12.2. The zero-order valence-corrected chi connectivity index (χ0v) is 15.2. The van der Waals surface area contributed by atoms with Gasteiger partial charge in [0.05, 0.1) is 20.1 Å². The van der Waals surface area contributed by atoms with Crippen molar-refractivity contribution in [2.45, 2.75) is 26.4 Å². The van der Waals surface area contributed by atoms with Crippen molar-refractivity contribution in [2.75, 3.05) is 19.0 Å². The Morgan fingerprint density at radius 1 is 1.08 bits per heavy atom. The second-order valence-corrected chi connectivity index (χ2v) is 5.57. The smallest absolute Gasteiger partial charge is 0.311 e. The highest BCUT2D eigenvalue weighted by molar-refractivity contribution is 5.95. The number of rotatable bonds is 8. The molecule has 2 aromatic rings. The minimum atomic E-state index is -0.913. The van der Waals surface area contributed by atoms with E-state index in [9.17, 15) is 9.59 Å². The highest BCUT2D eigenvalue weighted by Gasteiger charge is 2.19. The molecule has 0 spiro atoms. The predicted octanol–water partition coefficient (Wildman–Crippen LogP) is 3.21. The standard InChI is InChI=1S/C20H23NO5/c1-4-25-17-11-9-16(10-12-17)21-20(23)14(2)26-19(22)13-15-7-5-6-8-18(15)24-3/h5-12,14H,4,13H2,1-3H3,(H,21,23)/t14-/m0/s1. The van der Waals surface area contributed by atoms with Crippen LogP contribution in [0.15, 0.2) is 48.5 Å². The van der Waals surface area contributed by atoms with E-state index in [1.807, 2.05) is 19.1 Å². The lowest BCUT2D eigenvalue weighted by Gasteiger charge is -2.14. The Labute approximate surface area is 153 Å². The molecular weight excluding hydrogens is 334 g/mol. The van der Waals surface area contributed by atoms with Gasteiger partial charge in [0.1, 0.15) is 11.5 Å². The largest absolute Gasteiger partial charge is 0.496 e. The van der Waals surface area contributed by atoms with Crippen LogP contribution in [0.5, 0.6) is 11.5 Å². The maximum Gasteiger partial charge on any atom is 0.311 e. The van der Waals surface area contributed by atoms with Gasteiger partial charge in [-0.1, -0.05) is 18.2 Å². The Kier molecular flexibility index (Phi) is 7.02. The molecule has 1 N–H and O–H groups in total. The summed E-state index contributed by atoms with van der Waals surface area (Å²) in [6.07, 6.45) is -0.881.